The number of nitrogens with zero attached hydrogens (tertiary/aromatic N) is 15. The third-order valence-electron chi connectivity index (χ3n) is 18.5. The second-order valence-corrected chi connectivity index (χ2v) is 32.3. The van der Waals surface area contributed by atoms with E-state index in [9.17, 15) is 85.3 Å². The van der Waals surface area contributed by atoms with E-state index < -0.39 is 56.1 Å². The fourth-order valence-electron chi connectivity index (χ4n) is 11.5. The van der Waals surface area contributed by atoms with Gasteiger partial charge >= 0.3 is 0 Å². The molecule has 0 spiro atoms. The number of unbranched alkanes of at least 4 members (excludes halogenated alkanes) is 4. The smallest absolute Gasteiger partial charge is 0.243 e. The van der Waals surface area contributed by atoms with E-state index in [1.807, 2.05) is 202 Å². The van der Waals surface area contributed by atoms with E-state index >= 15 is 0 Å². The van der Waals surface area contributed by atoms with Gasteiger partial charge in [-0.1, -0.05) is 13.3 Å². The molecule has 0 fully saturated rings. The Labute approximate surface area is 738 Å². The summed E-state index contributed by atoms with van der Waals surface area (Å²) in [5, 5.41) is 61.4. The summed E-state index contributed by atoms with van der Waals surface area (Å²) in [7, 11) is 4.24. The number of aliphatic carboxylic acids is 6. The molecule has 0 aromatic carbocycles. The number of rotatable bonds is 61. The van der Waals surface area contributed by atoms with Gasteiger partial charge in [0.05, 0.1) is 179 Å². The monoisotopic (exact) mass is 1810 g/mol. The van der Waals surface area contributed by atoms with Crippen LogP contribution in [0.15, 0.2) is 131 Å². The van der Waals surface area contributed by atoms with Crippen molar-refractivity contribution in [3.05, 3.63) is 131 Å². The number of aryl methyl sites for hydroxylation is 11. The van der Waals surface area contributed by atoms with Crippen molar-refractivity contribution >= 4 is 56.1 Å². The first kappa shape index (κ1) is 116. The van der Waals surface area contributed by atoms with Gasteiger partial charge in [0, 0.05) is 82.2 Å². The number of methoxy groups -OCH3 is 4. The summed E-state index contributed by atoms with van der Waals surface area (Å²) in [5.74, 6) is -6.42. The maximum Gasteiger partial charge on any atom is 0.243 e. The molecule has 0 N–H and O–H groups in total. The molecule has 40 nitrogen and oxygen atoms in total. The van der Waals surface area contributed by atoms with Crippen LogP contribution >= 0.6 is 0 Å². The van der Waals surface area contributed by atoms with Gasteiger partial charge in [-0.05, 0) is 123 Å². The number of aromatic nitrogens is 14. The molecule has 125 heavy (non-hydrogen) atoms. The van der Waals surface area contributed by atoms with Crippen LogP contribution in [0.5, 0.6) is 0 Å². The van der Waals surface area contributed by atoms with E-state index in [1.54, 1.807) is 28.4 Å². The van der Waals surface area contributed by atoms with Crippen LogP contribution in [0.3, 0.4) is 0 Å². The highest BCUT2D eigenvalue weighted by atomic mass is 32.2. The molecule has 0 unspecified atom stereocenters. The number of imidazole rings is 7. The number of hydrogen-bond donors (Lipinski definition) is 0. The molecule has 7 heterocycles. The highest BCUT2D eigenvalue weighted by Gasteiger charge is 2.22. The molecule has 42 heteroatoms. The second-order valence-electron chi connectivity index (χ2n) is 29.2. The molecule has 0 aliphatic heterocycles. The average molecular weight is 1820 g/mol. The lowest BCUT2D eigenvalue weighted by Crippen LogP contribution is -2.50. The largest absolute Gasteiger partial charge is 0.748 e. The van der Waals surface area contributed by atoms with Crippen LogP contribution in [0.4, 0.5) is 0 Å². The van der Waals surface area contributed by atoms with E-state index in [1.165, 1.54) is 12.8 Å². The SMILES string of the molecule is CCCCn1cc[n+](CCCC(=O)[O-])c1.CC[N+](CC)(CCCC(=O)[O-])CCOCCOC.COCCOCCn1cc[n+](CCCC(=O)[O-])c1.COCCOCCn1cc[n+](CCCCCC(=O)[O-])c1.COCCn1cc[n+](CCCC(=O)[O-])c1.C[n+]1ccn(CCCC(=O)[O-])c1.C[n+]1ccn(CCCCS(=O)(=O)[O-])c1.C[n+]1ccn(CCCS(=O)(=O)[O-])c1. The predicted octanol–water partition coefficient (Wildman–Crippen LogP) is -4.46. The molecule has 0 atom stereocenters. The summed E-state index contributed by atoms with van der Waals surface area (Å²) in [6.07, 6.45) is 51.0. The van der Waals surface area contributed by atoms with Crippen molar-refractivity contribution in [3.63, 3.8) is 0 Å². The Balaban J connectivity index is 0.00000141. The van der Waals surface area contributed by atoms with Crippen molar-refractivity contribution in [2.75, 3.05) is 132 Å². The van der Waals surface area contributed by atoms with E-state index in [4.69, 9.17) is 33.2 Å². The van der Waals surface area contributed by atoms with E-state index in [-0.39, 0.29) is 50.0 Å². The lowest BCUT2D eigenvalue weighted by molar-refractivity contribution is -0.925. The van der Waals surface area contributed by atoms with Crippen molar-refractivity contribution in [3.8, 4) is 0 Å². The van der Waals surface area contributed by atoms with Gasteiger partial charge in [-0.25, -0.2) is 80.8 Å². The Morgan fingerprint density at radius 1 is 0.304 bits per heavy atom. The second kappa shape index (κ2) is 72.9. The summed E-state index contributed by atoms with van der Waals surface area (Å²) in [5.41, 5.74) is 0. The highest BCUT2D eigenvalue weighted by molar-refractivity contribution is 7.85. The number of carbonyl (C=O) groups is 6. The van der Waals surface area contributed by atoms with Gasteiger partial charge in [-0.3, -0.25) is 0 Å². The lowest BCUT2D eigenvalue weighted by atomic mass is 10.2. The Bertz CT molecular complexity index is 4070. The van der Waals surface area contributed by atoms with Gasteiger partial charge in [0.1, 0.15) is 113 Å². The number of likely N-dealkylation sites (N-methyl/N-ethyl adjacent to an activating group) is 1. The Morgan fingerprint density at radius 3 is 0.944 bits per heavy atom. The number of carboxylic acid groups (broad SMARTS) is 6. The van der Waals surface area contributed by atoms with Gasteiger partial charge in [0.15, 0.2) is 0 Å². The highest BCUT2D eigenvalue weighted by Crippen LogP contribution is 2.10. The molecule has 0 amide bonds. The number of carbonyl (C=O) groups excluding carboxylic acids is 6. The Hall–Kier alpha value is -9.21. The standard InChI is InChI=1S/C14H24N2O4.C13H27NO4.C12H20N2O4.C11H18N2O2.C10H16N2O3.C8H14N2O3S.C8H12N2O2.C7H12N2O3S/c1-19-11-12-20-10-9-16-8-7-15(13-16)6-4-2-3-5-14(17)18;1-4-14(5-2,8-6-7-13(15)16)9-10-18-12-11-17-3;1-17-9-10-18-8-7-14-6-5-13(11-14)4-2-3-12(15)16;1-2-3-6-12-8-9-13(10-12)7-4-5-11(14)15;1-15-8-7-12-6-5-11(9-12)4-2-3-10(13)14;1-9-5-6-10(8-9)4-2-3-7-14(11,12)13;1-9-5-6-10(7-9)4-2-3-8(11)12;1-8-4-5-9(7-8)3-2-6-13(10,11)12/h7-8,13H,2-6,9-12H2,1H3;4-12H2,1-3H3;5-6,11H,2-4,7-10H2,1H3;8-10H,2-7H2,1H3;5-6,9H,2-4,7-8H2,1H3;5-6,8H,2-4,7H2,1H3;5-7H,2-4H2,1H3;4-5,7H,2-3,6H2,1H3. The molecule has 712 valence electrons. The van der Waals surface area contributed by atoms with Crippen LogP contribution in [0.1, 0.15) is 143 Å². The van der Waals surface area contributed by atoms with Crippen LogP contribution in [-0.4, -0.2) is 230 Å². The molecule has 0 bridgehead atoms. The first-order valence-corrected chi connectivity index (χ1v) is 45.6. The zero-order valence-electron chi connectivity index (χ0n) is 75.4. The van der Waals surface area contributed by atoms with Crippen molar-refractivity contribution in [1.29, 1.82) is 0 Å². The van der Waals surface area contributed by atoms with Crippen LogP contribution < -0.4 is 62.6 Å². The lowest BCUT2D eigenvalue weighted by Gasteiger charge is -2.37. The zero-order valence-corrected chi connectivity index (χ0v) is 77.0. The minimum absolute atomic E-state index is 0.0955. The summed E-state index contributed by atoms with van der Waals surface area (Å²) < 4.78 is 126. The van der Waals surface area contributed by atoms with E-state index in [0.717, 1.165) is 95.9 Å². The van der Waals surface area contributed by atoms with Gasteiger partial charge < -0.3 is 106 Å². The number of quaternary nitrogens is 1. The fourth-order valence-corrected chi connectivity index (χ4v) is 12.5. The van der Waals surface area contributed by atoms with Crippen molar-refractivity contribution in [2.24, 2.45) is 21.1 Å². The van der Waals surface area contributed by atoms with Crippen LogP contribution in [0, 0.1) is 0 Å². The Morgan fingerprint density at radius 2 is 0.600 bits per heavy atom. The van der Waals surface area contributed by atoms with Gasteiger partial charge in [0.25, 0.3) is 0 Å². The topological polar surface area (TPSA) is 481 Å². The van der Waals surface area contributed by atoms with Crippen molar-refractivity contribution in [1.82, 2.24) is 32.0 Å². The first-order valence-electron chi connectivity index (χ1n) is 42.4. The molecule has 0 saturated heterocycles. The molecule has 7 aromatic heterocycles. The first-order chi connectivity index (χ1) is 59.6. The maximum atomic E-state index is 10.4. The van der Waals surface area contributed by atoms with Crippen molar-refractivity contribution < 1.29 is 155 Å². The summed E-state index contributed by atoms with van der Waals surface area (Å²) >= 11 is 0. The molecule has 0 aliphatic rings. The van der Waals surface area contributed by atoms with Crippen LogP contribution in [-0.2, 0) is 175 Å². The van der Waals surface area contributed by atoms with Crippen LogP contribution in [0.25, 0.3) is 0 Å². The number of ether oxygens (including phenoxy) is 7. The third kappa shape index (κ3) is 70.6. The van der Waals surface area contributed by atoms with Gasteiger partial charge in [-0.15, -0.1) is 0 Å². The molecular weight excluding hydrogens is 1670 g/mol. The normalized spacial score (nSPS) is 11.0. The molecule has 0 radical (unpaired) electrons. The Kier molecular flexibility index (Phi) is 67.5. The molecule has 7 aromatic rings. The van der Waals surface area contributed by atoms with E-state index in [2.05, 4.69) is 34.5 Å². The van der Waals surface area contributed by atoms with Gasteiger partial charge in [-0.2, -0.15) is 0 Å². The fraction of sp³-hybridized carbons (Fsp3) is 0.675. The minimum atomic E-state index is -4.06. The zero-order chi connectivity index (χ0) is 93.4. The van der Waals surface area contributed by atoms with E-state index in [0.29, 0.717) is 143 Å². The molecule has 7 rings (SSSR count). The average Bonchev–Trinajstić information content (AvgIpc) is 1.83. The molecule has 0 aliphatic carbocycles. The number of hydrogen-bond acceptors (Lipinski definition) is 25. The maximum absolute atomic E-state index is 10.4. The van der Waals surface area contributed by atoms with Crippen LogP contribution in [0.2, 0.25) is 0 Å². The minimum Gasteiger partial charge on any atom is -0.748 e. The quantitative estimate of drug-likeness (QED) is 0.0150. The predicted molar refractivity (Wildman–Crippen MR) is 439 cm³/mol. The van der Waals surface area contributed by atoms with Gasteiger partial charge in [0.2, 0.25) is 44.3 Å². The third-order valence-corrected chi connectivity index (χ3v) is 20.1. The summed E-state index contributed by atoms with van der Waals surface area (Å²) in [4.78, 5) is 61.4. The van der Waals surface area contributed by atoms with Crippen molar-refractivity contribution in [2.45, 2.75) is 215 Å². The molecular formula is C83H143N15O25S2. The molecule has 0 saturated carbocycles. The summed E-state index contributed by atoms with van der Waals surface area (Å²) in [6.45, 7) is 25.1. The summed E-state index contributed by atoms with van der Waals surface area (Å²) in [6, 6.07) is 0. The number of carboxylic acids is 6.